The van der Waals surface area contributed by atoms with Crippen LogP contribution in [-0.2, 0) is 0 Å². The molecular weight excluding hydrogens is 164 g/mol. The molecule has 0 bridgehead atoms. The molecule has 0 aliphatic rings. The van der Waals surface area contributed by atoms with Crippen LogP contribution in [0.1, 0.15) is 26.7 Å². The summed E-state index contributed by atoms with van der Waals surface area (Å²) >= 11 is 0. The molecule has 0 amide bonds. The summed E-state index contributed by atoms with van der Waals surface area (Å²) in [7, 11) is 0. The van der Waals surface area contributed by atoms with E-state index in [1.165, 1.54) is 0 Å². The van der Waals surface area contributed by atoms with E-state index < -0.39 is 0 Å². The highest BCUT2D eigenvalue weighted by atomic mass is 15.3. The Morgan fingerprint density at radius 1 is 1.08 bits per heavy atom. The second-order valence-electron chi connectivity index (χ2n) is 2.93. The lowest BCUT2D eigenvalue weighted by molar-refractivity contribution is 0.717. The fourth-order valence-electron chi connectivity index (χ4n) is 1.25. The van der Waals surface area contributed by atoms with Crippen molar-refractivity contribution in [2.75, 3.05) is 18.0 Å². The van der Waals surface area contributed by atoms with E-state index in [-0.39, 0.29) is 0 Å². The molecule has 0 unspecified atom stereocenters. The summed E-state index contributed by atoms with van der Waals surface area (Å²) in [6.45, 7) is 6.34. The lowest BCUT2D eigenvalue weighted by Crippen LogP contribution is -2.26. The van der Waals surface area contributed by atoms with Gasteiger partial charge in [-0.15, -0.1) is 0 Å². The van der Waals surface area contributed by atoms with Gasteiger partial charge < -0.3 is 4.90 Å². The van der Waals surface area contributed by atoms with Crippen molar-refractivity contribution in [3.63, 3.8) is 0 Å². The molecule has 72 valence electrons. The lowest BCUT2D eigenvalue weighted by Gasteiger charge is -2.20. The van der Waals surface area contributed by atoms with Crippen molar-refractivity contribution < 1.29 is 0 Å². The quantitative estimate of drug-likeness (QED) is 0.688. The predicted octanol–water partition coefficient (Wildman–Crippen LogP) is 1.50. The van der Waals surface area contributed by atoms with Crippen molar-refractivity contribution in [1.29, 1.82) is 0 Å². The summed E-state index contributed by atoms with van der Waals surface area (Å²) in [5.74, 6) is 0.790. The zero-order chi connectivity index (χ0) is 9.52. The first kappa shape index (κ1) is 9.89. The third kappa shape index (κ3) is 2.97. The van der Waals surface area contributed by atoms with Crippen LogP contribution in [-0.4, -0.2) is 28.0 Å². The highest BCUT2D eigenvalue weighted by molar-refractivity contribution is 5.26. The van der Waals surface area contributed by atoms with Gasteiger partial charge in [-0.25, -0.2) is 15.0 Å². The van der Waals surface area contributed by atoms with E-state index in [0.717, 1.165) is 31.9 Å². The largest absolute Gasteiger partial charge is 0.341 e. The maximum absolute atomic E-state index is 4.12. The monoisotopic (exact) mass is 180 g/mol. The van der Waals surface area contributed by atoms with Gasteiger partial charge in [-0.2, -0.15) is 0 Å². The van der Waals surface area contributed by atoms with E-state index in [4.69, 9.17) is 0 Å². The summed E-state index contributed by atoms with van der Waals surface area (Å²) in [5.41, 5.74) is 0. The Hall–Kier alpha value is -1.19. The zero-order valence-electron chi connectivity index (χ0n) is 8.27. The molecule has 0 aliphatic heterocycles. The smallest absolute Gasteiger partial charge is 0.228 e. The molecule has 4 heteroatoms. The average molecular weight is 180 g/mol. The van der Waals surface area contributed by atoms with Gasteiger partial charge in [0.05, 0.1) is 0 Å². The molecule has 0 atom stereocenters. The maximum atomic E-state index is 4.12. The van der Waals surface area contributed by atoms with Crippen LogP contribution in [0.15, 0.2) is 12.7 Å². The van der Waals surface area contributed by atoms with Crippen LogP contribution in [0.25, 0.3) is 0 Å². The summed E-state index contributed by atoms with van der Waals surface area (Å²) < 4.78 is 0. The van der Waals surface area contributed by atoms with E-state index >= 15 is 0 Å². The minimum Gasteiger partial charge on any atom is -0.341 e. The van der Waals surface area contributed by atoms with Crippen molar-refractivity contribution in [2.45, 2.75) is 26.7 Å². The molecule has 1 aromatic heterocycles. The molecule has 13 heavy (non-hydrogen) atoms. The molecule has 4 nitrogen and oxygen atoms in total. The topological polar surface area (TPSA) is 41.9 Å². The Morgan fingerprint density at radius 3 is 2.08 bits per heavy atom. The summed E-state index contributed by atoms with van der Waals surface area (Å²) in [6, 6.07) is 0. The first-order valence-electron chi connectivity index (χ1n) is 4.75. The van der Waals surface area contributed by atoms with Gasteiger partial charge in [0, 0.05) is 13.1 Å². The SMILES string of the molecule is CCCN(CCC)c1ncncn1. The van der Waals surface area contributed by atoms with Gasteiger partial charge in [0.15, 0.2) is 0 Å². The number of anilines is 1. The standard InChI is InChI=1S/C9H16N4/c1-3-5-13(6-4-2)9-11-7-10-8-12-9/h7-8H,3-6H2,1-2H3. The van der Waals surface area contributed by atoms with E-state index in [1.54, 1.807) is 12.7 Å². The van der Waals surface area contributed by atoms with Crippen molar-refractivity contribution in [3.05, 3.63) is 12.7 Å². The minimum atomic E-state index is 0.790. The van der Waals surface area contributed by atoms with Crippen LogP contribution in [0.2, 0.25) is 0 Å². The molecule has 0 spiro atoms. The Morgan fingerprint density at radius 2 is 1.62 bits per heavy atom. The molecule has 1 heterocycles. The molecule has 1 rings (SSSR count). The van der Waals surface area contributed by atoms with Gasteiger partial charge in [-0.05, 0) is 12.8 Å². The molecule has 0 aliphatic carbocycles. The Balaban J connectivity index is 2.64. The molecule has 0 N–H and O–H groups in total. The number of hydrogen-bond acceptors (Lipinski definition) is 4. The predicted molar refractivity (Wildman–Crippen MR) is 52.6 cm³/mol. The molecular formula is C9H16N4. The highest BCUT2D eigenvalue weighted by Gasteiger charge is 2.05. The zero-order valence-corrected chi connectivity index (χ0v) is 8.27. The van der Waals surface area contributed by atoms with E-state index in [2.05, 4.69) is 33.7 Å². The Bertz CT molecular complexity index is 218. The highest BCUT2D eigenvalue weighted by Crippen LogP contribution is 2.05. The Labute approximate surface area is 79.0 Å². The molecule has 0 saturated carbocycles. The normalized spacial score (nSPS) is 10.0. The van der Waals surface area contributed by atoms with Gasteiger partial charge in [-0.3, -0.25) is 0 Å². The van der Waals surface area contributed by atoms with Gasteiger partial charge in [0.2, 0.25) is 5.95 Å². The first-order valence-corrected chi connectivity index (χ1v) is 4.75. The molecule has 0 radical (unpaired) electrons. The van der Waals surface area contributed by atoms with E-state index in [0.29, 0.717) is 0 Å². The van der Waals surface area contributed by atoms with Gasteiger partial charge in [0.1, 0.15) is 12.7 Å². The third-order valence-corrected chi connectivity index (χ3v) is 1.75. The van der Waals surface area contributed by atoms with E-state index in [9.17, 15) is 0 Å². The Kier molecular flexibility index (Phi) is 4.15. The summed E-state index contributed by atoms with van der Waals surface area (Å²) in [5, 5.41) is 0. The number of rotatable bonds is 5. The van der Waals surface area contributed by atoms with Crippen molar-refractivity contribution in [2.24, 2.45) is 0 Å². The average Bonchev–Trinajstić information content (AvgIpc) is 2.19. The fraction of sp³-hybridized carbons (Fsp3) is 0.667. The van der Waals surface area contributed by atoms with E-state index in [1.807, 2.05) is 0 Å². The molecule has 0 aromatic carbocycles. The number of hydrogen-bond donors (Lipinski definition) is 0. The van der Waals surface area contributed by atoms with Crippen molar-refractivity contribution >= 4 is 5.95 Å². The number of aromatic nitrogens is 3. The summed E-state index contributed by atoms with van der Waals surface area (Å²) in [6.07, 6.45) is 5.32. The summed E-state index contributed by atoms with van der Waals surface area (Å²) in [4.78, 5) is 14.2. The molecule has 0 fully saturated rings. The first-order chi connectivity index (χ1) is 6.38. The molecule has 1 aromatic rings. The van der Waals surface area contributed by atoms with Gasteiger partial charge in [-0.1, -0.05) is 13.8 Å². The van der Waals surface area contributed by atoms with Gasteiger partial charge >= 0.3 is 0 Å². The van der Waals surface area contributed by atoms with Crippen LogP contribution in [0, 0.1) is 0 Å². The fourth-order valence-corrected chi connectivity index (χ4v) is 1.25. The maximum Gasteiger partial charge on any atom is 0.228 e. The van der Waals surface area contributed by atoms with Crippen LogP contribution in [0.3, 0.4) is 0 Å². The van der Waals surface area contributed by atoms with Crippen molar-refractivity contribution in [1.82, 2.24) is 15.0 Å². The second kappa shape index (κ2) is 5.45. The second-order valence-corrected chi connectivity index (χ2v) is 2.93. The van der Waals surface area contributed by atoms with Crippen LogP contribution >= 0.6 is 0 Å². The molecule has 0 saturated heterocycles. The number of nitrogens with zero attached hydrogens (tertiary/aromatic N) is 4. The minimum absolute atomic E-state index is 0.790. The van der Waals surface area contributed by atoms with Crippen LogP contribution < -0.4 is 4.90 Å². The third-order valence-electron chi connectivity index (χ3n) is 1.75. The van der Waals surface area contributed by atoms with Crippen LogP contribution in [0.4, 0.5) is 5.95 Å². The van der Waals surface area contributed by atoms with Gasteiger partial charge in [0.25, 0.3) is 0 Å². The van der Waals surface area contributed by atoms with Crippen LogP contribution in [0.5, 0.6) is 0 Å². The van der Waals surface area contributed by atoms with Crippen molar-refractivity contribution in [3.8, 4) is 0 Å². The lowest BCUT2D eigenvalue weighted by atomic mass is 10.4.